The summed E-state index contributed by atoms with van der Waals surface area (Å²) in [6.07, 6.45) is -0.536. The summed E-state index contributed by atoms with van der Waals surface area (Å²) >= 11 is 31.3. The average molecular weight is 601 g/mol. The zero-order chi connectivity index (χ0) is 26.9. The minimum atomic E-state index is -1.34. The molecule has 0 heterocycles. The Morgan fingerprint density at radius 1 is 0.865 bits per heavy atom. The maximum Gasteiger partial charge on any atom is 0.411 e. The van der Waals surface area contributed by atoms with Gasteiger partial charge < -0.3 is 10.1 Å². The molecule has 0 bridgehead atoms. The van der Waals surface area contributed by atoms with E-state index >= 15 is 0 Å². The molecule has 0 saturated heterocycles. The zero-order valence-electron chi connectivity index (χ0n) is 19.2. The highest BCUT2D eigenvalue weighted by atomic mass is 35.5. The van der Waals surface area contributed by atoms with Gasteiger partial charge in [0.05, 0.1) is 18.1 Å². The lowest BCUT2D eigenvalue weighted by Gasteiger charge is -2.10. The Hall–Kier alpha value is -2.48. The number of ketones is 1. The first-order chi connectivity index (χ1) is 17.5. The molecule has 0 aromatic heterocycles. The highest BCUT2D eigenvalue weighted by Crippen LogP contribution is 2.65. The van der Waals surface area contributed by atoms with Crippen LogP contribution in [0.1, 0.15) is 27.4 Å². The van der Waals surface area contributed by atoms with E-state index in [4.69, 9.17) is 58.0 Å². The maximum atomic E-state index is 13.0. The van der Waals surface area contributed by atoms with Crippen LogP contribution >= 0.6 is 58.0 Å². The first-order valence-electron chi connectivity index (χ1n) is 10.9. The number of ether oxygens (including phenoxy) is 1. The predicted molar refractivity (Wildman–Crippen MR) is 148 cm³/mol. The Balaban J connectivity index is 1.45. The van der Waals surface area contributed by atoms with Crippen LogP contribution in [0.4, 0.5) is 16.2 Å². The molecular weight excluding hydrogens is 582 g/mol. The number of benzene rings is 3. The summed E-state index contributed by atoms with van der Waals surface area (Å²) in [5, 5.41) is 6.37. The first-order valence-corrected chi connectivity index (χ1v) is 12.8. The second-order valence-electron chi connectivity index (χ2n) is 8.43. The van der Waals surface area contributed by atoms with Gasteiger partial charge in [0.1, 0.15) is 4.33 Å². The van der Waals surface area contributed by atoms with Crippen LogP contribution in [0.2, 0.25) is 15.1 Å². The van der Waals surface area contributed by atoms with E-state index in [1.165, 1.54) is 19.2 Å². The van der Waals surface area contributed by atoms with Crippen molar-refractivity contribution in [1.82, 2.24) is 0 Å². The zero-order valence-corrected chi connectivity index (χ0v) is 22.9. The molecule has 2 unspecified atom stereocenters. The number of Topliss-reactive ketones (excluding diaryl/α,β-unsaturated/α-hetero) is 1. The van der Waals surface area contributed by atoms with E-state index in [0.717, 1.165) is 0 Å². The Morgan fingerprint density at radius 2 is 1.49 bits per heavy atom. The second kappa shape index (κ2) is 11.1. The number of alkyl halides is 2. The highest BCUT2D eigenvalue weighted by Gasteiger charge is 2.67. The van der Waals surface area contributed by atoms with Gasteiger partial charge in [-0.25, -0.2) is 4.79 Å². The van der Waals surface area contributed by atoms with Crippen molar-refractivity contribution in [3.63, 3.8) is 0 Å². The number of halogens is 5. The van der Waals surface area contributed by atoms with E-state index in [2.05, 4.69) is 15.4 Å². The number of anilines is 2. The van der Waals surface area contributed by atoms with Crippen molar-refractivity contribution >= 4 is 87.2 Å². The molecule has 1 saturated carbocycles. The lowest BCUT2D eigenvalue weighted by Crippen LogP contribution is -2.17. The standard InChI is InChI=1S/C26H19Cl5N2O4/c1-37-25(36)33-17-4-2-13(3-5-17)8-21(34)19-12-18(6-7-20(19)29)32-24(35)23-22(26(23,30)31)14-9-15(27)11-16(28)10-14/h2-7,9-12,22-23H,8H2,1H3,(H,32,35)(H,33,36). The number of hydrogen-bond acceptors (Lipinski definition) is 4. The number of nitrogens with one attached hydrogen (secondary N) is 2. The van der Waals surface area contributed by atoms with E-state index in [9.17, 15) is 14.4 Å². The molecule has 0 radical (unpaired) electrons. The summed E-state index contributed by atoms with van der Waals surface area (Å²) in [6, 6.07) is 16.3. The molecule has 2 amide bonds. The van der Waals surface area contributed by atoms with Gasteiger partial charge in [-0.1, -0.05) is 46.9 Å². The summed E-state index contributed by atoms with van der Waals surface area (Å²) in [5.74, 6) is -1.92. The molecule has 2 N–H and O–H groups in total. The minimum absolute atomic E-state index is 0.0579. The van der Waals surface area contributed by atoms with Crippen LogP contribution in [0, 0.1) is 5.92 Å². The van der Waals surface area contributed by atoms with Crippen LogP contribution in [0.15, 0.2) is 60.7 Å². The molecule has 4 rings (SSSR count). The van der Waals surface area contributed by atoms with Crippen molar-refractivity contribution < 1.29 is 19.1 Å². The Morgan fingerprint density at radius 3 is 2.11 bits per heavy atom. The van der Waals surface area contributed by atoms with Crippen molar-refractivity contribution in [1.29, 1.82) is 0 Å². The molecule has 11 heteroatoms. The third kappa shape index (κ3) is 6.33. The van der Waals surface area contributed by atoms with Gasteiger partial charge in [-0.3, -0.25) is 14.9 Å². The monoisotopic (exact) mass is 598 g/mol. The van der Waals surface area contributed by atoms with Crippen LogP contribution in [0.3, 0.4) is 0 Å². The molecular formula is C26H19Cl5N2O4. The van der Waals surface area contributed by atoms with Crippen LogP contribution in [0.25, 0.3) is 0 Å². The van der Waals surface area contributed by atoms with Gasteiger partial charge in [0.15, 0.2) is 5.78 Å². The van der Waals surface area contributed by atoms with Gasteiger partial charge in [-0.2, -0.15) is 0 Å². The van der Waals surface area contributed by atoms with Crippen LogP contribution in [0.5, 0.6) is 0 Å². The molecule has 0 aliphatic heterocycles. The van der Waals surface area contributed by atoms with Gasteiger partial charge in [-0.05, 0) is 59.7 Å². The summed E-state index contributed by atoms with van der Waals surface area (Å²) < 4.78 is 3.22. The molecule has 6 nitrogen and oxygen atoms in total. The number of carbonyl (C=O) groups is 3. The van der Waals surface area contributed by atoms with E-state index in [1.807, 2.05) is 0 Å². The van der Waals surface area contributed by atoms with Gasteiger partial charge in [0, 0.05) is 39.3 Å². The number of carbonyl (C=O) groups excluding carboxylic acids is 3. The van der Waals surface area contributed by atoms with Crippen molar-refractivity contribution in [2.45, 2.75) is 16.7 Å². The van der Waals surface area contributed by atoms with Crippen LogP contribution < -0.4 is 10.6 Å². The molecule has 3 aromatic carbocycles. The topological polar surface area (TPSA) is 84.5 Å². The summed E-state index contributed by atoms with van der Waals surface area (Å²) in [6.45, 7) is 0. The fourth-order valence-electron chi connectivity index (χ4n) is 4.01. The van der Waals surface area contributed by atoms with Crippen molar-refractivity contribution in [2.24, 2.45) is 5.92 Å². The van der Waals surface area contributed by atoms with E-state index < -0.39 is 28.2 Å². The fourth-order valence-corrected chi connectivity index (χ4v) is 5.61. The SMILES string of the molecule is COC(=O)Nc1ccc(CC(=O)c2cc(NC(=O)C3C(c4cc(Cl)cc(Cl)c4)C3(Cl)Cl)ccc2Cl)cc1. The van der Waals surface area contributed by atoms with Crippen molar-refractivity contribution in [2.75, 3.05) is 17.7 Å². The molecule has 0 spiro atoms. The molecule has 2 atom stereocenters. The lowest BCUT2D eigenvalue weighted by atomic mass is 10.0. The third-order valence-corrected chi connectivity index (χ3v) is 7.57. The van der Waals surface area contributed by atoms with Crippen LogP contribution in [-0.2, 0) is 16.0 Å². The Kier molecular flexibility index (Phi) is 8.26. The molecule has 1 fully saturated rings. The Labute approximate surface area is 238 Å². The number of methoxy groups -OCH3 is 1. The Bertz CT molecular complexity index is 1360. The van der Waals surface area contributed by atoms with Crippen LogP contribution in [-0.4, -0.2) is 29.2 Å². The number of amides is 2. The second-order valence-corrected chi connectivity index (χ2v) is 11.2. The molecule has 37 heavy (non-hydrogen) atoms. The van der Waals surface area contributed by atoms with Gasteiger partial charge >= 0.3 is 6.09 Å². The molecule has 192 valence electrons. The predicted octanol–water partition coefficient (Wildman–Crippen LogP) is 7.78. The van der Waals surface area contributed by atoms with E-state index in [0.29, 0.717) is 32.5 Å². The number of hydrogen-bond donors (Lipinski definition) is 2. The summed E-state index contributed by atoms with van der Waals surface area (Å²) in [5.41, 5.74) is 2.50. The molecule has 1 aliphatic carbocycles. The summed E-state index contributed by atoms with van der Waals surface area (Å²) in [4.78, 5) is 37.3. The van der Waals surface area contributed by atoms with Gasteiger partial charge in [0.2, 0.25) is 5.91 Å². The fraction of sp³-hybridized carbons (Fsp3) is 0.192. The normalized spacial score (nSPS) is 17.6. The van der Waals surface area contributed by atoms with Gasteiger partial charge in [-0.15, -0.1) is 23.2 Å². The molecule has 3 aromatic rings. The number of rotatable bonds is 7. The molecule has 1 aliphatic rings. The summed E-state index contributed by atoms with van der Waals surface area (Å²) in [7, 11) is 1.27. The largest absolute Gasteiger partial charge is 0.453 e. The van der Waals surface area contributed by atoms with Crippen molar-refractivity contribution in [3.8, 4) is 0 Å². The lowest BCUT2D eigenvalue weighted by molar-refractivity contribution is -0.117. The van der Waals surface area contributed by atoms with Gasteiger partial charge in [0.25, 0.3) is 0 Å². The maximum absolute atomic E-state index is 13.0. The van der Waals surface area contributed by atoms with E-state index in [1.54, 1.807) is 48.5 Å². The van der Waals surface area contributed by atoms with E-state index in [-0.39, 0.29) is 22.8 Å². The smallest absolute Gasteiger partial charge is 0.411 e. The average Bonchev–Trinajstić information content (AvgIpc) is 3.42. The third-order valence-electron chi connectivity index (χ3n) is 5.86. The van der Waals surface area contributed by atoms with Crippen molar-refractivity contribution in [3.05, 3.63) is 92.4 Å². The first kappa shape index (κ1) is 27.6. The quantitative estimate of drug-likeness (QED) is 0.214. The highest BCUT2D eigenvalue weighted by molar-refractivity contribution is 6.53. The minimum Gasteiger partial charge on any atom is -0.453 e.